The summed E-state index contributed by atoms with van der Waals surface area (Å²) in [4.78, 5) is 9.03. The molecule has 0 bridgehead atoms. The Hall–Kier alpha value is -0.720. The molecule has 2 unspecified atom stereocenters. The molecule has 0 radical (unpaired) electrons. The van der Waals surface area contributed by atoms with E-state index in [-0.39, 0.29) is 5.92 Å². The van der Waals surface area contributed by atoms with Gasteiger partial charge in [0, 0.05) is 0 Å². The molecule has 70 valence electrons. The van der Waals surface area contributed by atoms with E-state index in [0.29, 0.717) is 5.31 Å². The van der Waals surface area contributed by atoms with Crippen molar-refractivity contribution < 1.29 is 9.46 Å². The molecule has 0 fully saturated rings. The highest BCUT2D eigenvalue weighted by molar-refractivity contribution is 7.43. The molecule has 1 N–H and O–H groups in total. The van der Waals surface area contributed by atoms with Gasteiger partial charge in [0.05, 0.1) is 5.92 Å². The summed E-state index contributed by atoms with van der Waals surface area (Å²) in [5.74, 6) is 0.0728. The maximum atomic E-state index is 11.0. The molecule has 2 nitrogen and oxygen atoms in total. The van der Waals surface area contributed by atoms with Crippen LogP contribution in [-0.4, -0.2) is 4.89 Å². The first-order valence-corrected chi connectivity index (χ1v) is 5.50. The van der Waals surface area contributed by atoms with Crippen LogP contribution < -0.4 is 0 Å². The minimum Gasteiger partial charge on any atom is -0.156 e. The summed E-state index contributed by atoms with van der Waals surface area (Å²) < 4.78 is 11.0. The van der Waals surface area contributed by atoms with E-state index in [1.807, 2.05) is 32.9 Å². The standard InChI is InChI=1S/C10H13O2P/c1-4-9-7(2)5-6-10(8(9)3)13(11)12/h4-6,8H,1-3H3/p+1. The third-order valence-corrected chi connectivity index (χ3v) is 3.38. The molecule has 1 rings (SSSR count). The minimum absolute atomic E-state index is 0.0728. The molecule has 0 aliphatic heterocycles. The van der Waals surface area contributed by atoms with Gasteiger partial charge in [0.2, 0.25) is 5.31 Å². The van der Waals surface area contributed by atoms with Gasteiger partial charge in [-0.05, 0) is 35.6 Å². The van der Waals surface area contributed by atoms with Crippen molar-refractivity contribution >= 4 is 8.03 Å². The number of hydrogen-bond donors (Lipinski definition) is 1. The number of hydrogen-bond acceptors (Lipinski definition) is 1. The number of allylic oxidation sites excluding steroid dienone is 6. The lowest BCUT2D eigenvalue weighted by molar-refractivity contribution is 0.505. The molecule has 0 spiro atoms. The van der Waals surface area contributed by atoms with Crippen LogP contribution in [0.3, 0.4) is 0 Å². The van der Waals surface area contributed by atoms with Gasteiger partial charge in [0.1, 0.15) is 0 Å². The highest BCUT2D eigenvalue weighted by atomic mass is 31.1. The smallest absolute Gasteiger partial charge is 0.156 e. The monoisotopic (exact) mass is 197 g/mol. The van der Waals surface area contributed by atoms with Crippen LogP contribution in [0.15, 0.2) is 34.7 Å². The van der Waals surface area contributed by atoms with Gasteiger partial charge in [0.15, 0.2) is 0 Å². The first-order chi connectivity index (χ1) is 6.07. The van der Waals surface area contributed by atoms with Crippen molar-refractivity contribution in [2.24, 2.45) is 5.92 Å². The predicted octanol–water partition coefficient (Wildman–Crippen LogP) is 3.15. The Labute approximate surface area is 79.5 Å². The quantitative estimate of drug-likeness (QED) is 0.655. The van der Waals surface area contributed by atoms with E-state index in [2.05, 4.69) is 0 Å². The molecule has 0 aromatic rings. The third kappa shape index (κ3) is 1.96. The molecule has 13 heavy (non-hydrogen) atoms. The summed E-state index contributed by atoms with van der Waals surface area (Å²) in [6.45, 7) is 5.93. The van der Waals surface area contributed by atoms with Crippen molar-refractivity contribution in [3.63, 3.8) is 0 Å². The van der Waals surface area contributed by atoms with Crippen molar-refractivity contribution in [1.29, 1.82) is 0 Å². The van der Waals surface area contributed by atoms with Crippen molar-refractivity contribution in [3.05, 3.63) is 34.7 Å². The zero-order chi connectivity index (χ0) is 10.0. The Kier molecular flexibility index (Phi) is 3.18. The zero-order valence-electron chi connectivity index (χ0n) is 8.11. The summed E-state index contributed by atoms with van der Waals surface area (Å²) in [6, 6.07) is 0. The number of rotatable bonds is 1. The molecule has 2 atom stereocenters. The Balaban J connectivity index is 3.11. The van der Waals surface area contributed by atoms with Gasteiger partial charge in [-0.2, -0.15) is 4.89 Å². The minimum atomic E-state index is -2.18. The van der Waals surface area contributed by atoms with Gasteiger partial charge >= 0.3 is 8.03 Å². The first kappa shape index (κ1) is 10.4. The highest BCUT2D eigenvalue weighted by Crippen LogP contribution is 2.41. The van der Waals surface area contributed by atoms with Gasteiger partial charge in [-0.3, -0.25) is 0 Å². The Morgan fingerprint density at radius 2 is 2.15 bits per heavy atom. The van der Waals surface area contributed by atoms with Crippen molar-refractivity contribution in [3.8, 4) is 0 Å². The van der Waals surface area contributed by atoms with Crippen LogP contribution in [0.2, 0.25) is 0 Å². The van der Waals surface area contributed by atoms with Crippen LogP contribution in [0.4, 0.5) is 0 Å². The van der Waals surface area contributed by atoms with Crippen LogP contribution in [0.1, 0.15) is 20.8 Å². The molecule has 0 saturated heterocycles. The molecule has 0 saturated carbocycles. The summed E-state index contributed by atoms with van der Waals surface area (Å²) >= 11 is 0. The third-order valence-electron chi connectivity index (χ3n) is 2.40. The lowest BCUT2D eigenvalue weighted by Gasteiger charge is -2.16. The predicted molar refractivity (Wildman–Crippen MR) is 54.6 cm³/mol. The molecule has 0 aromatic heterocycles. The van der Waals surface area contributed by atoms with E-state index in [1.165, 1.54) is 5.57 Å². The van der Waals surface area contributed by atoms with Crippen molar-refractivity contribution in [2.45, 2.75) is 20.8 Å². The largest absolute Gasteiger partial charge is 0.542 e. The molecule has 0 amide bonds. The van der Waals surface area contributed by atoms with E-state index >= 15 is 0 Å². The molecule has 3 heteroatoms. The van der Waals surface area contributed by atoms with Crippen LogP contribution >= 0.6 is 8.03 Å². The summed E-state index contributed by atoms with van der Waals surface area (Å²) in [6.07, 6.45) is 5.65. The van der Waals surface area contributed by atoms with E-state index < -0.39 is 8.03 Å². The van der Waals surface area contributed by atoms with Crippen LogP contribution in [-0.2, 0) is 4.57 Å². The van der Waals surface area contributed by atoms with E-state index in [1.54, 1.807) is 6.08 Å². The van der Waals surface area contributed by atoms with Crippen molar-refractivity contribution in [1.82, 2.24) is 0 Å². The van der Waals surface area contributed by atoms with Gasteiger partial charge < -0.3 is 0 Å². The topological polar surface area (TPSA) is 37.3 Å². The summed E-state index contributed by atoms with van der Waals surface area (Å²) in [5, 5.41) is 0.619. The maximum Gasteiger partial charge on any atom is 0.542 e. The summed E-state index contributed by atoms with van der Waals surface area (Å²) in [5.41, 5.74) is 2.32. The van der Waals surface area contributed by atoms with Crippen LogP contribution in [0.25, 0.3) is 0 Å². The second-order valence-electron chi connectivity index (χ2n) is 3.18. The fraction of sp³-hybridized carbons (Fsp3) is 0.400. The van der Waals surface area contributed by atoms with E-state index in [4.69, 9.17) is 4.89 Å². The van der Waals surface area contributed by atoms with Gasteiger partial charge in [-0.15, -0.1) is 0 Å². The highest BCUT2D eigenvalue weighted by Gasteiger charge is 2.31. The fourth-order valence-corrected chi connectivity index (χ4v) is 2.33. The Morgan fingerprint density at radius 1 is 1.54 bits per heavy atom. The lowest BCUT2D eigenvalue weighted by atomic mass is 9.90. The summed E-state index contributed by atoms with van der Waals surface area (Å²) in [7, 11) is -2.18. The molecular weight excluding hydrogens is 183 g/mol. The van der Waals surface area contributed by atoms with E-state index in [9.17, 15) is 4.57 Å². The Morgan fingerprint density at radius 3 is 2.62 bits per heavy atom. The van der Waals surface area contributed by atoms with Gasteiger partial charge in [-0.1, -0.05) is 19.1 Å². The van der Waals surface area contributed by atoms with Crippen LogP contribution in [0.5, 0.6) is 0 Å². The molecule has 1 aliphatic carbocycles. The molecular formula is C10H14O2P+. The van der Waals surface area contributed by atoms with Gasteiger partial charge in [-0.25, -0.2) is 0 Å². The molecule has 0 heterocycles. The van der Waals surface area contributed by atoms with Gasteiger partial charge in [0.25, 0.3) is 0 Å². The average molecular weight is 197 g/mol. The maximum absolute atomic E-state index is 11.0. The average Bonchev–Trinajstić information content (AvgIpc) is 2.04. The molecule has 0 aromatic carbocycles. The second kappa shape index (κ2) is 3.99. The van der Waals surface area contributed by atoms with E-state index in [0.717, 1.165) is 5.57 Å². The second-order valence-corrected chi connectivity index (χ2v) is 4.24. The SMILES string of the molecule is CC=C1C(C)=CC=C([P+](=O)O)C1C. The fourth-order valence-electron chi connectivity index (χ4n) is 1.66. The first-order valence-electron chi connectivity index (χ1n) is 4.29. The van der Waals surface area contributed by atoms with Crippen LogP contribution in [0, 0.1) is 5.92 Å². The molecule has 1 aliphatic rings. The van der Waals surface area contributed by atoms with Crippen molar-refractivity contribution in [2.75, 3.05) is 0 Å². The zero-order valence-corrected chi connectivity index (χ0v) is 9.01. The lowest BCUT2D eigenvalue weighted by Crippen LogP contribution is -2.05. The normalized spacial score (nSPS) is 26.9. The Bertz CT molecular complexity index is 324.